The van der Waals surface area contributed by atoms with E-state index in [-0.39, 0.29) is 17.1 Å². The van der Waals surface area contributed by atoms with Gasteiger partial charge in [-0.2, -0.15) is 18.4 Å². The number of amides is 1. The van der Waals surface area contributed by atoms with Gasteiger partial charge in [0.2, 0.25) is 0 Å². The summed E-state index contributed by atoms with van der Waals surface area (Å²) in [4.78, 5) is 11.8. The molecule has 0 unspecified atom stereocenters. The molecular weight excluding hydrogens is 361 g/mol. The maximum absolute atomic E-state index is 12.6. The fraction of sp³-hybridized carbons (Fsp3) is 0.263. The van der Waals surface area contributed by atoms with Crippen LogP contribution >= 0.6 is 0 Å². The first-order valence-corrected chi connectivity index (χ1v) is 7.87. The first-order valence-electron chi connectivity index (χ1n) is 7.87. The fourth-order valence-electron chi connectivity index (χ4n) is 2.04. The lowest BCUT2D eigenvalue weighted by Crippen LogP contribution is -2.27. The molecule has 2 rings (SSSR count). The summed E-state index contributed by atoms with van der Waals surface area (Å²) in [5, 5.41) is 11.8. The SMILES string of the molecule is CC(C)(C)OC(=O)Nc1ccc(Oc2ccc(C(F)(F)F)cc2)c(C#N)c1. The van der Waals surface area contributed by atoms with E-state index in [1.807, 2.05) is 6.07 Å². The molecule has 0 radical (unpaired) electrons. The summed E-state index contributed by atoms with van der Waals surface area (Å²) in [5.41, 5.74) is -1.05. The highest BCUT2D eigenvalue weighted by Crippen LogP contribution is 2.32. The number of alkyl halides is 3. The van der Waals surface area contributed by atoms with Gasteiger partial charge >= 0.3 is 12.3 Å². The number of carbonyl (C=O) groups excluding carboxylic acids is 1. The van der Waals surface area contributed by atoms with Crippen molar-refractivity contribution >= 4 is 11.8 Å². The molecule has 0 heterocycles. The summed E-state index contributed by atoms with van der Waals surface area (Å²) >= 11 is 0. The van der Waals surface area contributed by atoms with E-state index in [1.165, 1.54) is 18.2 Å². The molecule has 0 aliphatic rings. The van der Waals surface area contributed by atoms with Gasteiger partial charge in [0.25, 0.3) is 0 Å². The maximum Gasteiger partial charge on any atom is 0.416 e. The minimum Gasteiger partial charge on any atom is -0.456 e. The molecule has 1 N–H and O–H groups in total. The maximum atomic E-state index is 12.6. The van der Waals surface area contributed by atoms with Gasteiger partial charge in [0.05, 0.1) is 11.1 Å². The van der Waals surface area contributed by atoms with Crippen LogP contribution in [0.1, 0.15) is 31.9 Å². The van der Waals surface area contributed by atoms with E-state index in [1.54, 1.807) is 20.8 Å². The second-order valence-corrected chi connectivity index (χ2v) is 6.57. The van der Waals surface area contributed by atoms with Crippen molar-refractivity contribution in [3.05, 3.63) is 53.6 Å². The smallest absolute Gasteiger partial charge is 0.416 e. The number of hydrogen-bond acceptors (Lipinski definition) is 4. The van der Waals surface area contributed by atoms with Gasteiger partial charge < -0.3 is 9.47 Å². The lowest BCUT2D eigenvalue weighted by Gasteiger charge is -2.19. The molecule has 0 atom stereocenters. The average Bonchev–Trinajstić information content (AvgIpc) is 2.54. The quantitative estimate of drug-likeness (QED) is 0.742. The number of benzene rings is 2. The highest BCUT2D eigenvalue weighted by Gasteiger charge is 2.30. The Morgan fingerprint density at radius 3 is 2.22 bits per heavy atom. The van der Waals surface area contributed by atoms with Crippen LogP contribution in [0.25, 0.3) is 0 Å². The Bertz CT molecular complexity index is 864. The number of nitrogens with one attached hydrogen (secondary N) is 1. The lowest BCUT2D eigenvalue weighted by atomic mass is 10.2. The third-order valence-electron chi connectivity index (χ3n) is 3.15. The number of rotatable bonds is 3. The van der Waals surface area contributed by atoms with Gasteiger partial charge in [0, 0.05) is 5.69 Å². The van der Waals surface area contributed by atoms with Crippen LogP contribution in [-0.4, -0.2) is 11.7 Å². The Hall–Kier alpha value is -3.21. The van der Waals surface area contributed by atoms with Crippen LogP contribution in [0.3, 0.4) is 0 Å². The van der Waals surface area contributed by atoms with Crippen molar-refractivity contribution in [1.82, 2.24) is 0 Å². The second kappa shape index (κ2) is 7.58. The molecule has 2 aromatic rings. The van der Waals surface area contributed by atoms with Crippen molar-refractivity contribution in [1.29, 1.82) is 5.26 Å². The normalized spacial score (nSPS) is 11.4. The molecule has 0 aromatic heterocycles. The molecule has 0 fully saturated rings. The number of hydrogen-bond donors (Lipinski definition) is 1. The number of carbonyl (C=O) groups is 1. The first-order chi connectivity index (χ1) is 12.5. The van der Waals surface area contributed by atoms with Crippen LogP contribution in [-0.2, 0) is 10.9 Å². The van der Waals surface area contributed by atoms with E-state index in [9.17, 15) is 23.2 Å². The molecule has 2 aromatic carbocycles. The van der Waals surface area contributed by atoms with Gasteiger partial charge in [-0.3, -0.25) is 5.32 Å². The number of ether oxygens (including phenoxy) is 2. The van der Waals surface area contributed by atoms with Crippen LogP contribution in [0, 0.1) is 11.3 Å². The van der Waals surface area contributed by atoms with Gasteiger partial charge in [-0.1, -0.05) is 0 Å². The van der Waals surface area contributed by atoms with Crippen molar-refractivity contribution in [2.24, 2.45) is 0 Å². The Morgan fingerprint density at radius 2 is 1.70 bits per heavy atom. The largest absolute Gasteiger partial charge is 0.456 e. The molecule has 142 valence electrons. The summed E-state index contributed by atoms with van der Waals surface area (Å²) in [6.45, 7) is 5.15. The number of anilines is 1. The van der Waals surface area contributed by atoms with Crippen LogP contribution < -0.4 is 10.1 Å². The lowest BCUT2D eigenvalue weighted by molar-refractivity contribution is -0.137. The third-order valence-corrected chi connectivity index (χ3v) is 3.15. The highest BCUT2D eigenvalue weighted by molar-refractivity contribution is 5.85. The predicted molar refractivity (Wildman–Crippen MR) is 92.5 cm³/mol. The average molecular weight is 378 g/mol. The van der Waals surface area contributed by atoms with Gasteiger partial charge in [-0.15, -0.1) is 0 Å². The topological polar surface area (TPSA) is 71.3 Å². The monoisotopic (exact) mass is 378 g/mol. The number of nitriles is 1. The van der Waals surface area contributed by atoms with E-state index in [0.717, 1.165) is 24.3 Å². The van der Waals surface area contributed by atoms with E-state index < -0.39 is 23.4 Å². The zero-order valence-electron chi connectivity index (χ0n) is 14.8. The summed E-state index contributed by atoms with van der Waals surface area (Å²) in [6, 6.07) is 10.3. The fourth-order valence-corrected chi connectivity index (χ4v) is 2.04. The molecule has 27 heavy (non-hydrogen) atoms. The summed E-state index contributed by atoms with van der Waals surface area (Å²) in [5.74, 6) is 0.291. The van der Waals surface area contributed by atoms with Gasteiger partial charge in [0.1, 0.15) is 23.2 Å². The summed E-state index contributed by atoms with van der Waals surface area (Å²) in [6.07, 6.45) is -5.12. The molecule has 0 saturated carbocycles. The van der Waals surface area contributed by atoms with Gasteiger partial charge in [-0.25, -0.2) is 4.79 Å². The van der Waals surface area contributed by atoms with E-state index >= 15 is 0 Å². The molecule has 0 aliphatic carbocycles. The number of nitrogens with zero attached hydrogens (tertiary/aromatic N) is 1. The van der Waals surface area contributed by atoms with Gasteiger partial charge in [0.15, 0.2) is 0 Å². The molecule has 0 saturated heterocycles. The van der Waals surface area contributed by atoms with Crippen LogP contribution in [0.4, 0.5) is 23.7 Å². The molecular formula is C19H17F3N2O3. The van der Waals surface area contributed by atoms with Crippen molar-refractivity contribution in [2.75, 3.05) is 5.32 Å². The first kappa shape index (κ1) is 20.1. The highest BCUT2D eigenvalue weighted by atomic mass is 19.4. The second-order valence-electron chi connectivity index (χ2n) is 6.57. The van der Waals surface area contributed by atoms with Crippen molar-refractivity contribution < 1.29 is 27.4 Å². The Morgan fingerprint density at radius 1 is 1.07 bits per heavy atom. The molecule has 0 spiro atoms. The van der Waals surface area contributed by atoms with Crippen LogP contribution in [0.15, 0.2) is 42.5 Å². The molecule has 1 amide bonds. The van der Waals surface area contributed by atoms with E-state index in [2.05, 4.69) is 5.32 Å². The standard InChI is InChI=1S/C19H17F3N2O3/c1-18(2,3)27-17(25)24-14-6-9-16(12(10-14)11-23)26-15-7-4-13(5-8-15)19(20,21)22/h4-10H,1-3H3,(H,24,25). The third kappa shape index (κ3) is 5.92. The Balaban J connectivity index is 2.15. The van der Waals surface area contributed by atoms with Gasteiger partial charge in [-0.05, 0) is 63.2 Å². The molecule has 0 bridgehead atoms. The molecule has 0 aliphatic heterocycles. The van der Waals surface area contributed by atoms with E-state index in [0.29, 0.717) is 5.69 Å². The van der Waals surface area contributed by atoms with E-state index in [4.69, 9.17) is 9.47 Å². The predicted octanol–water partition coefficient (Wildman–Crippen LogP) is 5.72. The zero-order valence-corrected chi connectivity index (χ0v) is 14.8. The van der Waals surface area contributed by atoms with Crippen molar-refractivity contribution in [3.63, 3.8) is 0 Å². The Labute approximate surface area is 154 Å². The summed E-state index contributed by atoms with van der Waals surface area (Å²) < 4.78 is 48.4. The minimum atomic E-state index is -4.44. The van der Waals surface area contributed by atoms with Crippen LogP contribution in [0.2, 0.25) is 0 Å². The van der Waals surface area contributed by atoms with Crippen LogP contribution in [0.5, 0.6) is 11.5 Å². The van der Waals surface area contributed by atoms with Crippen molar-refractivity contribution in [3.8, 4) is 17.6 Å². The molecule has 5 nitrogen and oxygen atoms in total. The summed E-state index contributed by atoms with van der Waals surface area (Å²) in [7, 11) is 0. The Kier molecular flexibility index (Phi) is 5.64. The van der Waals surface area contributed by atoms with Crippen molar-refractivity contribution in [2.45, 2.75) is 32.5 Å². The zero-order chi connectivity index (χ0) is 20.2. The molecule has 8 heteroatoms. The minimum absolute atomic E-state index is 0.100. The number of halogens is 3.